The van der Waals surface area contributed by atoms with Crippen LogP contribution in [0.1, 0.15) is 6.92 Å². The molecule has 0 saturated carbocycles. The Morgan fingerprint density at radius 2 is 2.10 bits per heavy atom. The highest BCUT2D eigenvalue weighted by atomic mass is 15.0. The predicted molar refractivity (Wildman–Crippen MR) is 42.2 cm³/mol. The largest absolute Gasteiger partial charge is 0.383 e. The zero-order valence-corrected chi connectivity index (χ0v) is 6.63. The molecule has 0 bridgehead atoms. The zero-order chi connectivity index (χ0) is 7.98. The molecule has 0 heterocycles. The summed E-state index contributed by atoms with van der Waals surface area (Å²) in [5, 5.41) is 8.23. The van der Waals surface area contributed by atoms with Crippen LogP contribution >= 0.6 is 0 Å². The molecule has 0 fully saturated rings. The highest BCUT2D eigenvalue weighted by Crippen LogP contribution is 1.93. The molecule has 0 aromatic carbocycles. The Morgan fingerprint density at radius 1 is 1.50 bits per heavy atom. The lowest BCUT2D eigenvalue weighted by Gasteiger charge is -2.01. The first kappa shape index (κ1) is 8.77. The van der Waals surface area contributed by atoms with Gasteiger partial charge in [0.25, 0.3) is 0 Å². The molecule has 0 aliphatic rings. The Hall–Kier alpha value is -1.23. The Balaban J connectivity index is 3.92. The molecule has 0 radical (unpaired) electrons. The van der Waals surface area contributed by atoms with E-state index in [0.29, 0.717) is 0 Å². The van der Waals surface area contributed by atoms with Gasteiger partial charge in [0.2, 0.25) is 0 Å². The van der Waals surface area contributed by atoms with Gasteiger partial charge in [-0.15, -0.1) is 0 Å². The van der Waals surface area contributed by atoms with Crippen LogP contribution in [-0.2, 0) is 0 Å². The number of hydrogen-bond acceptors (Lipinski definition) is 2. The van der Waals surface area contributed by atoms with Gasteiger partial charge >= 0.3 is 0 Å². The Kier molecular flexibility index (Phi) is 4.06. The molecule has 0 aromatic heterocycles. The van der Waals surface area contributed by atoms with Crippen LogP contribution in [0.3, 0.4) is 0 Å². The van der Waals surface area contributed by atoms with Gasteiger partial charge in [0.15, 0.2) is 0 Å². The number of nitriles is 1. The van der Waals surface area contributed by atoms with Gasteiger partial charge in [-0.3, -0.25) is 0 Å². The first-order valence-corrected chi connectivity index (χ1v) is 3.08. The van der Waals surface area contributed by atoms with Crippen molar-refractivity contribution in [3.05, 3.63) is 23.9 Å². The van der Waals surface area contributed by atoms with E-state index in [1.807, 2.05) is 44.3 Å². The van der Waals surface area contributed by atoms with E-state index in [1.54, 1.807) is 0 Å². The van der Waals surface area contributed by atoms with Crippen LogP contribution in [0, 0.1) is 11.3 Å². The average molecular weight is 136 g/mol. The van der Waals surface area contributed by atoms with Crippen molar-refractivity contribution in [2.45, 2.75) is 6.92 Å². The second-order valence-corrected chi connectivity index (χ2v) is 2.30. The van der Waals surface area contributed by atoms with Crippen molar-refractivity contribution in [3.8, 4) is 6.07 Å². The van der Waals surface area contributed by atoms with Gasteiger partial charge in [-0.2, -0.15) is 5.26 Å². The second kappa shape index (κ2) is 4.63. The summed E-state index contributed by atoms with van der Waals surface area (Å²) in [7, 11) is 3.88. The monoisotopic (exact) mass is 136 g/mol. The van der Waals surface area contributed by atoms with Crippen molar-refractivity contribution in [2.75, 3.05) is 14.1 Å². The molecule has 2 nitrogen and oxygen atoms in total. The third-order valence-electron chi connectivity index (χ3n) is 0.928. The lowest BCUT2D eigenvalue weighted by Crippen LogP contribution is -1.99. The summed E-state index contributed by atoms with van der Waals surface area (Å²) in [5.74, 6) is 0. The molecule has 0 N–H and O–H groups in total. The molecular formula is C8H12N2. The molecule has 54 valence electrons. The van der Waals surface area contributed by atoms with E-state index in [4.69, 9.17) is 5.26 Å². The van der Waals surface area contributed by atoms with Crippen LogP contribution < -0.4 is 0 Å². The predicted octanol–water partition coefficient (Wildman–Crippen LogP) is 1.53. The van der Waals surface area contributed by atoms with Crippen LogP contribution in [0.25, 0.3) is 0 Å². The lowest BCUT2D eigenvalue weighted by molar-refractivity contribution is 0.563. The molecule has 0 unspecified atom stereocenters. The number of rotatable bonds is 2. The Morgan fingerprint density at radius 3 is 2.50 bits per heavy atom. The lowest BCUT2D eigenvalue weighted by atomic mass is 10.3. The van der Waals surface area contributed by atoms with Gasteiger partial charge in [0.05, 0.1) is 6.07 Å². The molecule has 2 heteroatoms. The fourth-order valence-corrected chi connectivity index (χ4v) is 0.417. The molecule has 0 spiro atoms. The normalized spacial score (nSPS) is 11.6. The standard InChI is InChI=1S/C8H12N2/c1-8(4-6-9)5-7-10(2)3/h4-5,7H,1-3H3/b7-5+,8-4-. The fourth-order valence-electron chi connectivity index (χ4n) is 0.417. The number of hydrogen-bond donors (Lipinski definition) is 0. The summed E-state index contributed by atoms with van der Waals surface area (Å²) < 4.78 is 0. The summed E-state index contributed by atoms with van der Waals surface area (Å²) in [6.07, 6.45) is 5.31. The molecule has 0 amide bonds. The molecular weight excluding hydrogens is 124 g/mol. The molecule has 0 aromatic rings. The highest BCUT2D eigenvalue weighted by Gasteiger charge is 1.79. The zero-order valence-electron chi connectivity index (χ0n) is 6.63. The molecule has 0 aliphatic heterocycles. The molecule has 0 atom stereocenters. The number of nitrogens with zero attached hydrogens (tertiary/aromatic N) is 2. The van der Waals surface area contributed by atoms with Gasteiger partial charge in [0.1, 0.15) is 0 Å². The van der Waals surface area contributed by atoms with E-state index in [-0.39, 0.29) is 0 Å². The minimum atomic E-state index is 0.969. The highest BCUT2D eigenvalue weighted by molar-refractivity contribution is 5.21. The van der Waals surface area contributed by atoms with Crippen molar-refractivity contribution in [3.63, 3.8) is 0 Å². The Labute approximate surface area is 62.1 Å². The van der Waals surface area contributed by atoms with E-state index in [0.717, 1.165) is 5.57 Å². The van der Waals surface area contributed by atoms with Gasteiger partial charge < -0.3 is 4.90 Å². The summed E-state index contributed by atoms with van der Waals surface area (Å²) >= 11 is 0. The van der Waals surface area contributed by atoms with Crippen molar-refractivity contribution in [1.82, 2.24) is 4.90 Å². The molecule has 0 rings (SSSR count). The van der Waals surface area contributed by atoms with Crippen molar-refractivity contribution in [1.29, 1.82) is 5.26 Å². The van der Waals surface area contributed by atoms with Crippen molar-refractivity contribution in [2.24, 2.45) is 0 Å². The topological polar surface area (TPSA) is 27.0 Å². The maximum atomic E-state index is 8.23. The molecule has 0 aliphatic carbocycles. The Bertz CT molecular complexity index is 182. The van der Waals surface area contributed by atoms with E-state index >= 15 is 0 Å². The summed E-state index contributed by atoms with van der Waals surface area (Å²) in [6.45, 7) is 1.89. The maximum absolute atomic E-state index is 8.23. The van der Waals surface area contributed by atoms with Crippen LogP contribution in [0.2, 0.25) is 0 Å². The third-order valence-corrected chi connectivity index (χ3v) is 0.928. The van der Waals surface area contributed by atoms with Crippen molar-refractivity contribution < 1.29 is 0 Å². The van der Waals surface area contributed by atoms with Gasteiger partial charge in [-0.25, -0.2) is 0 Å². The summed E-state index contributed by atoms with van der Waals surface area (Å²) in [6, 6.07) is 1.96. The van der Waals surface area contributed by atoms with Crippen LogP contribution in [0.15, 0.2) is 23.9 Å². The van der Waals surface area contributed by atoms with Gasteiger partial charge in [-0.05, 0) is 24.8 Å². The van der Waals surface area contributed by atoms with Crippen LogP contribution in [0.5, 0.6) is 0 Å². The average Bonchev–Trinajstić information content (AvgIpc) is 1.85. The third kappa shape index (κ3) is 4.92. The summed E-state index contributed by atoms with van der Waals surface area (Å²) in [5.41, 5.74) is 0.969. The minimum absolute atomic E-state index is 0.969. The second-order valence-electron chi connectivity index (χ2n) is 2.30. The molecule has 0 saturated heterocycles. The van der Waals surface area contributed by atoms with E-state index < -0.39 is 0 Å². The maximum Gasteiger partial charge on any atom is 0.0914 e. The van der Waals surface area contributed by atoms with Gasteiger partial charge in [-0.1, -0.05) is 0 Å². The van der Waals surface area contributed by atoms with Crippen molar-refractivity contribution >= 4 is 0 Å². The van der Waals surface area contributed by atoms with E-state index in [2.05, 4.69) is 0 Å². The number of allylic oxidation sites excluding steroid dienone is 3. The first-order valence-electron chi connectivity index (χ1n) is 3.08. The summed E-state index contributed by atoms with van der Waals surface area (Å²) in [4.78, 5) is 1.93. The van der Waals surface area contributed by atoms with E-state index in [1.165, 1.54) is 6.08 Å². The fraction of sp³-hybridized carbons (Fsp3) is 0.375. The van der Waals surface area contributed by atoms with Gasteiger partial charge in [0, 0.05) is 20.2 Å². The van der Waals surface area contributed by atoms with Crippen LogP contribution in [-0.4, -0.2) is 19.0 Å². The quantitative estimate of drug-likeness (QED) is 0.425. The van der Waals surface area contributed by atoms with E-state index in [9.17, 15) is 0 Å². The smallest absolute Gasteiger partial charge is 0.0914 e. The molecule has 10 heavy (non-hydrogen) atoms. The SMILES string of the molecule is CC(=C/C#N)/C=C/N(C)C. The minimum Gasteiger partial charge on any atom is -0.383 e. The first-order chi connectivity index (χ1) is 4.66. The van der Waals surface area contributed by atoms with Crippen LogP contribution in [0.4, 0.5) is 0 Å².